The summed E-state index contributed by atoms with van der Waals surface area (Å²) in [6.07, 6.45) is 9.91. The van der Waals surface area contributed by atoms with Gasteiger partial charge in [-0.3, -0.25) is 9.97 Å². The predicted octanol–water partition coefficient (Wildman–Crippen LogP) is 2.69. The van der Waals surface area contributed by atoms with Crippen molar-refractivity contribution in [2.24, 2.45) is 0 Å². The van der Waals surface area contributed by atoms with Crippen molar-refractivity contribution in [2.45, 2.75) is 38.6 Å². The third-order valence-corrected chi connectivity index (χ3v) is 5.57. The molecule has 0 aliphatic carbocycles. The molecule has 0 saturated carbocycles. The molecule has 0 unspecified atom stereocenters. The summed E-state index contributed by atoms with van der Waals surface area (Å²) in [6, 6.07) is 0. The van der Waals surface area contributed by atoms with Gasteiger partial charge in [-0.25, -0.2) is 4.98 Å². The van der Waals surface area contributed by atoms with Crippen molar-refractivity contribution >= 4 is 5.82 Å². The lowest BCUT2D eigenvalue weighted by Crippen LogP contribution is -2.31. The molecule has 0 bridgehead atoms. The fraction of sp³-hybridized carbons (Fsp3) is 0.450. The number of anilines is 1. The summed E-state index contributed by atoms with van der Waals surface area (Å²) in [7, 11) is 0. The summed E-state index contributed by atoms with van der Waals surface area (Å²) < 4.78 is 11.1. The molecule has 0 aromatic carbocycles. The molecular formula is C20H22N6O2. The third kappa shape index (κ3) is 3.13. The number of pyridine rings is 1. The van der Waals surface area contributed by atoms with Crippen molar-refractivity contribution in [3.63, 3.8) is 0 Å². The van der Waals surface area contributed by atoms with Crippen LogP contribution in [-0.4, -0.2) is 44.9 Å². The van der Waals surface area contributed by atoms with Gasteiger partial charge < -0.3 is 14.2 Å². The first kappa shape index (κ1) is 17.2. The van der Waals surface area contributed by atoms with Crippen molar-refractivity contribution < 1.29 is 9.26 Å². The Morgan fingerprint density at radius 3 is 2.82 bits per heavy atom. The molecule has 0 radical (unpaired) electrons. The molecule has 1 saturated heterocycles. The van der Waals surface area contributed by atoms with Crippen molar-refractivity contribution in [1.82, 2.24) is 25.1 Å². The average Bonchev–Trinajstić information content (AvgIpc) is 3.24. The van der Waals surface area contributed by atoms with Crippen molar-refractivity contribution in [2.75, 3.05) is 24.7 Å². The Hall–Kier alpha value is -2.87. The van der Waals surface area contributed by atoms with Crippen LogP contribution in [0, 0.1) is 6.92 Å². The highest BCUT2D eigenvalue weighted by atomic mass is 16.5. The molecule has 8 nitrogen and oxygen atoms in total. The zero-order valence-electron chi connectivity index (χ0n) is 15.8. The number of hydrogen-bond donors (Lipinski definition) is 0. The Bertz CT molecular complexity index is 968. The van der Waals surface area contributed by atoms with Crippen LogP contribution in [0.25, 0.3) is 11.4 Å². The highest BCUT2D eigenvalue weighted by molar-refractivity contribution is 5.65. The quantitative estimate of drug-likeness (QED) is 0.687. The molecule has 0 spiro atoms. The molecule has 2 aliphatic rings. The van der Waals surface area contributed by atoms with E-state index in [1.165, 1.54) is 11.1 Å². The molecule has 0 amide bonds. The maximum Gasteiger partial charge on any atom is 0.230 e. The second kappa shape index (κ2) is 7.27. The van der Waals surface area contributed by atoms with E-state index in [1.54, 1.807) is 18.6 Å². The molecule has 144 valence electrons. The Kier molecular flexibility index (Phi) is 4.48. The Labute approximate surface area is 163 Å². The van der Waals surface area contributed by atoms with Crippen LogP contribution < -0.4 is 4.90 Å². The molecule has 3 aromatic heterocycles. The number of nitrogens with zero attached hydrogens (tertiary/aromatic N) is 6. The lowest BCUT2D eigenvalue weighted by atomic mass is 9.94. The molecule has 1 fully saturated rings. The standard InChI is InChI=1S/C20H22N6O2/c1-13-18(19-24-20(28-25-19)14-3-8-27-9-4-14)16-2-7-26(12-15(16)10-23-13)17-11-21-5-6-22-17/h5-6,10-11,14H,2-4,7-9,12H2,1H3. The minimum atomic E-state index is 0.287. The highest BCUT2D eigenvalue weighted by Gasteiger charge is 2.27. The number of aryl methyl sites for hydroxylation is 1. The highest BCUT2D eigenvalue weighted by Crippen LogP contribution is 2.33. The van der Waals surface area contributed by atoms with E-state index in [0.29, 0.717) is 11.7 Å². The third-order valence-electron chi connectivity index (χ3n) is 5.57. The van der Waals surface area contributed by atoms with Gasteiger partial charge >= 0.3 is 0 Å². The summed E-state index contributed by atoms with van der Waals surface area (Å²) in [5, 5.41) is 4.30. The summed E-state index contributed by atoms with van der Waals surface area (Å²) in [4.78, 5) is 20.2. The van der Waals surface area contributed by atoms with Crippen LogP contribution in [-0.2, 0) is 17.7 Å². The van der Waals surface area contributed by atoms with Gasteiger partial charge in [0.2, 0.25) is 11.7 Å². The molecule has 0 N–H and O–H groups in total. The number of fused-ring (bicyclic) bond motifs is 1. The van der Waals surface area contributed by atoms with Crippen molar-refractivity contribution in [1.29, 1.82) is 0 Å². The first-order valence-corrected chi connectivity index (χ1v) is 9.69. The second-order valence-corrected chi connectivity index (χ2v) is 7.30. The van der Waals surface area contributed by atoms with Gasteiger partial charge in [0.15, 0.2) is 0 Å². The SMILES string of the molecule is Cc1ncc2c(c1-c1noc(C3CCOCC3)n1)CCN(c1cnccn1)C2. The van der Waals surface area contributed by atoms with Gasteiger partial charge in [0.1, 0.15) is 5.82 Å². The van der Waals surface area contributed by atoms with E-state index in [-0.39, 0.29) is 5.92 Å². The number of ether oxygens (including phenoxy) is 1. The maximum atomic E-state index is 5.62. The summed E-state index contributed by atoms with van der Waals surface area (Å²) in [6.45, 7) is 5.13. The number of hydrogen-bond acceptors (Lipinski definition) is 8. The lowest BCUT2D eigenvalue weighted by molar-refractivity contribution is 0.0778. The Morgan fingerprint density at radius 1 is 1.11 bits per heavy atom. The van der Waals surface area contributed by atoms with Gasteiger partial charge in [0.05, 0.1) is 6.20 Å². The fourth-order valence-electron chi connectivity index (χ4n) is 4.04. The van der Waals surface area contributed by atoms with E-state index in [0.717, 1.165) is 62.6 Å². The number of rotatable bonds is 3. The molecular weight excluding hydrogens is 356 g/mol. The van der Waals surface area contributed by atoms with Crippen molar-refractivity contribution in [3.8, 4) is 11.4 Å². The van der Waals surface area contributed by atoms with Gasteiger partial charge in [-0.15, -0.1) is 0 Å². The first-order chi connectivity index (χ1) is 13.8. The molecule has 28 heavy (non-hydrogen) atoms. The Balaban J connectivity index is 1.46. The van der Waals surface area contributed by atoms with Crippen LogP contribution in [0.1, 0.15) is 41.5 Å². The molecule has 2 aliphatic heterocycles. The predicted molar refractivity (Wildman–Crippen MR) is 102 cm³/mol. The van der Waals surface area contributed by atoms with E-state index in [9.17, 15) is 0 Å². The van der Waals surface area contributed by atoms with E-state index < -0.39 is 0 Å². The largest absolute Gasteiger partial charge is 0.381 e. The van der Waals surface area contributed by atoms with Crippen molar-refractivity contribution in [3.05, 3.63) is 47.5 Å². The molecule has 5 rings (SSSR count). The number of aromatic nitrogens is 5. The molecule has 0 atom stereocenters. The topological polar surface area (TPSA) is 90.1 Å². The fourth-order valence-corrected chi connectivity index (χ4v) is 4.04. The second-order valence-electron chi connectivity index (χ2n) is 7.30. The van der Waals surface area contributed by atoms with Gasteiger partial charge in [0, 0.05) is 62.1 Å². The van der Waals surface area contributed by atoms with E-state index in [1.807, 2.05) is 13.1 Å². The van der Waals surface area contributed by atoms with Gasteiger partial charge in [-0.1, -0.05) is 5.16 Å². The van der Waals surface area contributed by atoms with Gasteiger partial charge in [-0.2, -0.15) is 4.98 Å². The minimum absolute atomic E-state index is 0.287. The van der Waals surface area contributed by atoms with Gasteiger partial charge in [0.25, 0.3) is 0 Å². The van der Waals surface area contributed by atoms with Crippen LogP contribution in [0.4, 0.5) is 5.82 Å². The normalized spacial score (nSPS) is 17.5. The summed E-state index contributed by atoms with van der Waals surface area (Å²) in [5.41, 5.74) is 4.38. The van der Waals surface area contributed by atoms with Crippen LogP contribution in [0.15, 0.2) is 29.3 Å². The minimum Gasteiger partial charge on any atom is -0.381 e. The zero-order valence-corrected chi connectivity index (χ0v) is 15.8. The van der Waals surface area contributed by atoms with E-state index in [4.69, 9.17) is 14.2 Å². The lowest BCUT2D eigenvalue weighted by Gasteiger charge is -2.30. The van der Waals surface area contributed by atoms with Crippen LogP contribution in [0.5, 0.6) is 0 Å². The van der Waals surface area contributed by atoms with Crippen LogP contribution >= 0.6 is 0 Å². The first-order valence-electron chi connectivity index (χ1n) is 9.69. The molecule has 8 heteroatoms. The smallest absolute Gasteiger partial charge is 0.230 e. The van der Waals surface area contributed by atoms with E-state index >= 15 is 0 Å². The van der Waals surface area contributed by atoms with Crippen LogP contribution in [0.2, 0.25) is 0 Å². The average molecular weight is 378 g/mol. The summed E-state index contributed by atoms with van der Waals surface area (Å²) in [5.74, 6) is 2.54. The monoisotopic (exact) mass is 378 g/mol. The zero-order chi connectivity index (χ0) is 18.9. The molecule has 5 heterocycles. The molecule has 3 aromatic rings. The van der Waals surface area contributed by atoms with E-state index in [2.05, 4.69) is 25.0 Å². The van der Waals surface area contributed by atoms with Crippen LogP contribution in [0.3, 0.4) is 0 Å². The maximum absolute atomic E-state index is 5.62. The summed E-state index contributed by atoms with van der Waals surface area (Å²) >= 11 is 0. The Morgan fingerprint density at radius 2 is 2.00 bits per heavy atom. The van der Waals surface area contributed by atoms with Gasteiger partial charge in [-0.05, 0) is 37.3 Å².